The second-order valence-electron chi connectivity index (χ2n) is 13.1. The molecule has 10 heteroatoms. The molecule has 0 saturated heterocycles. The summed E-state index contributed by atoms with van der Waals surface area (Å²) in [6.07, 6.45) is -1.07. The minimum Gasteiger partial charge on any atom is -0.504 e. The van der Waals surface area contributed by atoms with Gasteiger partial charge in [0.1, 0.15) is 19.0 Å². The van der Waals surface area contributed by atoms with E-state index in [2.05, 4.69) is 26.7 Å². The first kappa shape index (κ1) is 36.3. The monoisotopic (exact) mass is 723 g/mol. The van der Waals surface area contributed by atoms with Gasteiger partial charge in [0.05, 0.1) is 23.2 Å². The highest BCUT2D eigenvalue weighted by molar-refractivity contribution is 6.09. The van der Waals surface area contributed by atoms with Crippen molar-refractivity contribution in [1.29, 1.82) is 0 Å². The highest BCUT2D eigenvalue weighted by atomic mass is 16.5. The van der Waals surface area contributed by atoms with E-state index in [9.17, 15) is 15.3 Å². The zero-order chi connectivity index (χ0) is 37.3. The molecule has 0 radical (unpaired) electrons. The molecule has 276 valence electrons. The zero-order valence-corrected chi connectivity index (χ0v) is 29.8. The molecule has 0 amide bonds. The Kier molecular flexibility index (Phi) is 11.6. The van der Waals surface area contributed by atoms with Gasteiger partial charge in [-0.05, 0) is 53.6 Å². The van der Waals surface area contributed by atoms with Crippen molar-refractivity contribution in [3.8, 4) is 17.2 Å². The number of benzene rings is 6. The average Bonchev–Trinajstić information content (AvgIpc) is 3.75. The van der Waals surface area contributed by atoms with Gasteiger partial charge in [0, 0.05) is 76.6 Å². The number of H-pyrrole nitrogens is 2. The van der Waals surface area contributed by atoms with Crippen LogP contribution >= 0.6 is 0 Å². The van der Waals surface area contributed by atoms with E-state index in [1.54, 1.807) is 6.07 Å². The number of aromatic amines is 2. The Morgan fingerprint density at radius 2 is 1.09 bits per heavy atom. The number of aliphatic hydroxyl groups is 2. The van der Waals surface area contributed by atoms with Crippen LogP contribution < -0.4 is 25.8 Å². The van der Waals surface area contributed by atoms with Crippen LogP contribution in [0.1, 0.15) is 23.3 Å². The number of aliphatic hydroxyl groups excluding tert-OH is 2. The van der Waals surface area contributed by atoms with Crippen molar-refractivity contribution in [2.24, 2.45) is 0 Å². The SMILES string of the molecule is Nc1ccc2[nH]c3cc(OCCNCC(O)c4ccccc4)ccc3c2c1.Oc1cc2c(cc1OCCNCC(O)c1ccccc1)[nH]c1ccccc12. The van der Waals surface area contributed by atoms with Crippen molar-refractivity contribution >= 4 is 49.3 Å². The predicted molar refractivity (Wildman–Crippen MR) is 217 cm³/mol. The summed E-state index contributed by atoms with van der Waals surface area (Å²) in [5.41, 5.74) is 12.5. The summed E-state index contributed by atoms with van der Waals surface area (Å²) < 4.78 is 11.5. The maximum absolute atomic E-state index is 10.3. The second-order valence-corrected chi connectivity index (χ2v) is 13.1. The van der Waals surface area contributed by atoms with E-state index in [0.29, 0.717) is 45.1 Å². The Labute approximate surface area is 313 Å². The quantitative estimate of drug-likeness (QED) is 0.0428. The molecule has 9 N–H and O–H groups in total. The number of fused-ring (bicyclic) bond motifs is 6. The number of nitrogens with two attached hydrogens (primary N) is 1. The van der Waals surface area contributed by atoms with Crippen molar-refractivity contribution in [3.05, 3.63) is 145 Å². The predicted octanol–water partition coefficient (Wildman–Crippen LogP) is 7.33. The standard InChI is InChI=1S/C22H23N3O2.C22H22N2O3/c23-16-6-9-20-19(12-16)18-8-7-17(13-21(18)25-20)27-11-10-24-14-22(26)15-4-2-1-3-5-15;25-20-12-17-16-8-4-5-9-18(16)24-19(17)13-22(20)27-11-10-23-14-21(26)15-6-2-1-3-7-15/h1-9,12-13,22,24-26H,10-11,14,23H2;1-9,12-13,21,23-26H,10-11,14H2. The summed E-state index contributed by atoms with van der Waals surface area (Å²) in [6, 6.07) is 42.6. The third kappa shape index (κ3) is 8.76. The number of rotatable bonds is 14. The molecule has 2 unspecified atom stereocenters. The van der Waals surface area contributed by atoms with Crippen LogP contribution in [0, 0.1) is 0 Å². The molecular weight excluding hydrogens is 679 g/mol. The van der Waals surface area contributed by atoms with E-state index < -0.39 is 12.2 Å². The fourth-order valence-corrected chi connectivity index (χ4v) is 6.51. The largest absolute Gasteiger partial charge is 0.504 e. The number of hydrogen-bond donors (Lipinski definition) is 8. The summed E-state index contributed by atoms with van der Waals surface area (Å²) >= 11 is 0. The molecule has 6 aromatic carbocycles. The maximum Gasteiger partial charge on any atom is 0.163 e. The maximum atomic E-state index is 10.3. The van der Waals surface area contributed by atoms with Crippen LogP contribution in [0.4, 0.5) is 5.69 Å². The Morgan fingerprint density at radius 1 is 0.537 bits per heavy atom. The van der Waals surface area contributed by atoms with Crippen molar-refractivity contribution in [2.45, 2.75) is 12.2 Å². The van der Waals surface area contributed by atoms with Crippen LogP contribution in [-0.2, 0) is 0 Å². The summed E-state index contributed by atoms with van der Waals surface area (Å²) in [4.78, 5) is 6.74. The van der Waals surface area contributed by atoms with E-state index >= 15 is 0 Å². The lowest BCUT2D eigenvalue weighted by atomic mass is 10.1. The first-order valence-electron chi connectivity index (χ1n) is 18.1. The number of ether oxygens (including phenoxy) is 2. The van der Waals surface area contributed by atoms with Gasteiger partial charge in [0.15, 0.2) is 11.5 Å². The number of nitrogens with one attached hydrogen (secondary N) is 4. The van der Waals surface area contributed by atoms with E-state index in [4.69, 9.17) is 15.2 Å². The average molecular weight is 724 g/mol. The Balaban J connectivity index is 0.000000167. The molecule has 2 atom stereocenters. The van der Waals surface area contributed by atoms with Gasteiger partial charge >= 0.3 is 0 Å². The van der Waals surface area contributed by atoms with Gasteiger partial charge in [-0.1, -0.05) is 78.9 Å². The molecule has 10 nitrogen and oxygen atoms in total. The second kappa shape index (κ2) is 17.2. The number of hydrogen-bond acceptors (Lipinski definition) is 8. The first-order valence-corrected chi connectivity index (χ1v) is 18.1. The zero-order valence-electron chi connectivity index (χ0n) is 29.8. The van der Waals surface area contributed by atoms with Crippen LogP contribution in [0.3, 0.4) is 0 Å². The van der Waals surface area contributed by atoms with Gasteiger partial charge in [-0.3, -0.25) is 0 Å². The summed E-state index contributed by atoms with van der Waals surface area (Å²) in [7, 11) is 0. The lowest BCUT2D eigenvalue weighted by Crippen LogP contribution is -2.26. The lowest BCUT2D eigenvalue weighted by Gasteiger charge is -2.13. The fraction of sp³-hybridized carbons (Fsp3) is 0.182. The summed E-state index contributed by atoms with van der Waals surface area (Å²) in [6.45, 7) is 3.08. The number of aromatic nitrogens is 2. The Bertz CT molecular complexity index is 2430. The minimum atomic E-state index is -0.553. The molecular formula is C44H45N5O5. The number of phenolic OH excluding ortho intramolecular Hbond substituents is 1. The molecule has 2 aromatic heterocycles. The normalized spacial score (nSPS) is 12.5. The molecule has 0 aliphatic rings. The Morgan fingerprint density at radius 3 is 1.78 bits per heavy atom. The van der Waals surface area contributed by atoms with Gasteiger partial charge in [-0.25, -0.2) is 0 Å². The molecule has 8 aromatic rings. The third-order valence-corrected chi connectivity index (χ3v) is 9.31. The van der Waals surface area contributed by atoms with E-state index in [1.165, 1.54) is 0 Å². The van der Waals surface area contributed by atoms with Gasteiger partial charge in [0.2, 0.25) is 0 Å². The molecule has 54 heavy (non-hydrogen) atoms. The summed E-state index contributed by atoms with van der Waals surface area (Å²) in [5, 5.41) is 41.2. The highest BCUT2D eigenvalue weighted by Crippen LogP contribution is 2.35. The summed E-state index contributed by atoms with van der Waals surface area (Å²) in [5.74, 6) is 1.38. The molecule has 0 aliphatic heterocycles. The van der Waals surface area contributed by atoms with Gasteiger partial charge < -0.3 is 51.1 Å². The van der Waals surface area contributed by atoms with Crippen LogP contribution in [0.2, 0.25) is 0 Å². The van der Waals surface area contributed by atoms with Gasteiger partial charge in [-0.2, -0.15) is 0 Å². The molecule has 0 saturated carbocycles. The van der Waals surface area contributed by atoms with Crippen molar-refractivity contribution in [1.82, 2.24) is 20.6 Å². The van der Waals surface area contributed by atoms with E-state index in [1.807, 2.05) is 121 Å². The minimum absolute atomic E-state index is 0.122. The van der Waals surface area contributed by atoms with Crippen molar-refractivity contribution < 1.29 is 24.8 Å². The fourth-order valence-electron chi connectivity index (χ4n) is 6.51. The topological polar surface area (TPSA) is 161 Å². The van der Waals surface area contributed by atoms with Crippen LogP contribution in [-0.4, -0.2) is 64.7 Å². The van der Waals surface area contributed by atoms with Crippen molar-refractivity contribution in [2.75, 3.05) is 45.1 Å². The number of anilines is 1. The lowest BCUT2D eigenvalue weighted by molar-refractivity contribution is 0.171. The molecule has 0 spiro atoms. The van der Waals surface area contributed by atoms with E-state index in [0.717, 1.165) is 66.2 Å². The highest BCUT2D eigenvalue weighted by Gasteiger charge is 2.11. The number of phenols is 1. The van der Waals surface area contributed by atoms with Gasteiger partial charge in [0.25, 0.3) is 0 Å². The van der Waals surface area contributed by atoms with Crippen LogP contribution in [0.15, 0.2) is 133 Å². The number of aromatic hydroxyl groups is 1. The van der Waals surface area contributed by atoms with Crippen LogP contribution in [0.25, 0.3) is 43.6 Å². The third-order valence-electron chi connectivity index (χ3n) is 9.31. The molecule has 8 rings (SSSR count). The van der Waals surface area contributed by atoms with Crippen molar-refractivity contribution in [3.63, 3.8) is 0 Å². The number of nitrogen functional groups attached to an aromatic ring is 1. The molecule has 0 aliphatic carbocycles. The smallest absolute Gasteiger partial charge is 0.163 e. The number of para-hydroxylation sites is 1. The van der Waals surface area contributed by atoms with Gasteiger partial charge in [-0.15, -0.1) is 0 Å². The molecule has 0 bridgehead atoms. The molecule has 2 heterocycles. The van der Waals surface area contributed by atoms with Crippen LogP contribution in [0.5, 0.6) is 17.2 Å². The Hall–Kier alpha value is -6.04. The first-order chi connectivity index (χ1) is 26.4. The van der Waals surface area contributed by atoms with E-state index in [-0.39, 0.29) is 5.75 Å². The molecule has 0 fully saturated rings.